The van der Waals surface area contributed by atoms with Crippen LogP contribution in [0.2, 0.25) is 0 Å². The number of esters is 1. The second-order valence-electron chi connectivity index (χ2n) is 19.7. The molecule has 1 saturated heterocycles. The van der Waals surface area contributed by atoms with Crippen molar-refractivity contribution in [2.45, 2.75) is 161 Å². The number of ether oxygens (including phenoxy) is 1. The predicted octanol–water partition coefficient (Wildman–Crippen LogP) is 5.36. The number of ketones is 2. The van der Waals surface area contributed by atoms with Gasteiger partial charge in [0.05, 0.1) is 12.1 Å². The molecule has 72 heavy (non-hydrogen) atoms. The molecule has 0 aliphatic carbocycles. The van der Waals surface area contributed by atoms with Crippen molar-refractivity contribution in [3.8, 4) is 0 Å². The van der Waals surface area contributed by atoms with Crippen LogP contribution in [0.25, 0.3) is 0 Å². The first-order chi connectivity index (χ1) is 34.2. The van der Waals surface area contributed by atoms with Gasteiger partial charge in [-0.05, 0) is 88.0 Å². The van der Waals surface area contributed by atoms with Gasteiger partial charge < -0.3 is 31.1 Å². The van der Waals surface area contributed by atoms with Gasteiger partial charge in [-0.15, -0.1) is 11.3 Å². The molecule has 1 fully saturated rings. The number of Topliss-reactive ketones (excluding diaryl/α,β-unsaturated/α-hetero) is 2. The minimum Gasteiger partial charge on any atom is -0.480 e. The number of benzene rings is 1. The molecule has 2 aromatic rings. The van der Waals surface area contributed by atoms with E-state index in [1.165, 1.54) is 24.5 Å². The predicted molar refractivity (Wildman–Crippen MR) is 272 cm³/mol. The highest BCUT2D eigenvalue weighted by Gasteiger charge is 2.38. The van der Waals surface area contributed by atoms with Crippen LogP contribution in [0.4, 0.5) is 0 Å². The lowest BCUT2D eigenvalue weighted by atomic mass is 9.83. The Morgan fingerprint density at radius 3 is 2.22 bits per heavy atom. The third-order valence-corrected chi connectivity index (χ3v) is 14.9. The molecule has 18 nitrogen and oxygen atoms in total. The highest BCUT2D eigenvalue weighted by molar-refractivity contribution is 7.09. The second-order valence-corrected chi connectivity index (χ2v) is 20.6. The summed E-state index contributed by atoms with van der Waals surface area (Å²) >= 11 is 1.08. The van der Waals surface area contributed by atoms with Gasteiger partial charge in [-0.3, -0.25) is 48.2 Å². The van der Waals surface area contributed by atoms with Crippen molar-refractivity contribution in [2.75, 3.05) is 33.7 Å². The van der Waals surface area contributed by atoms with Gasteiger partial charge >= 0.3 is 11.9 Å². The number of nitrogens with one attached hydrogen (secondary N) is 2. The number of carboxylic acid groups (broad SMARTS) is 1. The fourth-order valence-electron chi connectivity index (χ4n) is 9.35. The van der Waals surface area contributed by atoms with E-state index in [0.29, 0.717) is 67.6 Å². The van der Waals surface area contributed by atoms with Crippen LogP contribution in [0.15, 0.2) is 41.8 Å². The summed E-state index contributed by atoms with van der Waals surface area (Å²) in [5, 5.41) is 17.4. The van der Waals surface area contributed by atoms with E-state index >= 15 is 0 Å². The van der Waals surface area contributed by atoms with Crippen LogP contribution in [0, 0.1) is 17.8 Å². The average Bonchev–Trinajstić information content (AvgIpc) is 3.97. The van der Waals surface area contributed by atoms with E-state index in [1.807, 2.05) is 34.7 Å². The first-order valence-corrected chi connectivity index (χ1v) is 26.4. The SMILES string of the molecule is CC[C@H](C)[C@H](CC(=O)[C@H]1CCCCN1C)C(=O)N(C)[C@H](C[C@@H](OC(C)=O)c1nc(C(=O)N[C@@H](Cc2ccc(CC(=O)[C@H](CCCCN)NC(=O)CCCCCN3C(=O)C=CC3=O)cc2)C(=O)O)cs1)C(C)C. The van der Waals surface area contributed by atoms with E-state index in [1.54, 1.807) is 36.2 Å². The minimum absolute atomic E-state index is 0.0157. The lowest BCUT2D eigenvalue weighted by molar-refractivity contribution is -0.150. The molecule has 0 radical (unpaired) electrons. The molecule has 7 atom stereocenters. The Morgan fingerprint density at radius 1 is 0.931 bits per heavy atom. The van der Waals surface area contributed by atoms with Crippen LogP contribution in [0.1, 0.15) is 151 Å². The summed E-state index contributed by atoms with van der Waals surface area (Å²) in [6.07, 6.45) is 8.87. The molecule has 1 aromatic heterocycles. The van der Waals surface area contributed by atoms with Crippen LogP contribution in [-0.4, -0.2) is 136 Å². The fourth-order valence-corrected chi connectivity index (χ4v) is 10.2. The summed E-state index contributed by atoms with van der Waals surface area (Å²) in [5.74, 6) is -4.54. The van der Waals surface area contributed by atoms with E-state index in [4.69, 9.17) is 10.5 Å². The third kappa shape index (κ3) is 17.8. The molecule has 2 aliphatic rings. The maximum atomic E-state index is 14.3. The topological polar surface area (TPSA) is 256 Å². The van der Waals surface area contributed by atoms with Gasteiger partial charge in [-0.1, -0.05) is 71.2 Å². The summed E-state index contributed by atoms with van der Waals surface area (Å²) in [6.45, 7) is 10.7. The number of unbranched alkanes of at least 4 members (excludes halogenated alkanes) is 3. The summed E-state index contributed by atoms with van der Waals surface area (Å²) in [4.78, 5) is 126. The van der Waals surface area contributed by atoms with Crippen molar-refractivity contribution < 1.29 is 53.0 Å². The monoisotopic (exact) mass is 1020 g/mol. The first kappa shape index (κ1) is 58.9. The lowest BCUT2D eigenvalue weighted by Gasteiger charge is -2.37. The molecule has 19 heteroatoms. The number of likely N-dealkylation sites (tertiary alicyclic amines) is 1. The van der Waals surface area contributed by atoms with Gasteiger partial charge in [0.2, 0.25) is 11.8 Å². The highest BCUT2D eigenvalue weighted by Crippen LogP contribution is 2.33. The van der Waals surface area contributed by atoms with E-state index in [2.05, 4.69) is 20.5 Å². The lowest BCUT2D eigenvalue weighted by Crippen LogP contribution is -2.48. The molecule has 3 heterocycles. The summed E-state index contributed by atoms with van der Waals surface area (Å²) in [7, 11) is 3.67. The second kappa shape index (κ2) is 29.1. The summed E-state index contributed by atoms with van der Waals surface area (Å²) < 4.78 is 5.77. The third-order valence-electron chi connectivity index (χ3n) is 13.9. The standard InChI is InChI=1S/C53H77N7O11S/c1-8-34(4)38(30-45(63)42-17-12-15-26-58(42)6)52(68)59(7)43(33(2)3)31-46(71-35(5)61)51-57-41(32-72-51)50(67)56-40(53(69)70)28-36-19-21-37(22-20-36)29-44(62)39(16-11-13-25-54)55-47(64)18-10-9-14-27-60-48(65)23-24-49(60)66/h19-24,32-34,38-40,42-43,46H,8-18,25-31,54H2,1-7H3,(H,55,64)(H,56,67)(H,69,70)/t34-,38-,39-,40-,42+,43+,46+/m0/s1. The number of hydrogen-bond donors (Lipinski definition) is 4. The minimum atomic E-state index is -1.35. The molecular weight excluding hydrogens is 943 g/mol. The quantitative estimate of drug-likeness (QED) is 0.0422. The van der Waals surface area contributed by atoms with Crippen molar-refractivity contribution in [1.82, 2.24) is 30.3 Å². The van der Waals surface area contributed by atoms with Gasteiger partial charge in [0, 0.05) is 82.1 Å². The number of imide groups is 1. The van der Waals surface area contributed by atoms with Gasteiger partial charge in [0.1, 0.15) is 16.7 Å². The number of hydrogen-bond acceptors (Lipinski definition) is 14. The number of thiazole rings is 1. The Hall–Kier alpha value is -5.66. The Balaban J connectivity index is 1.37. The fraction of sp³-hybridized carbons (Fsp3) is 0.623. The van der Waals surface area contributed by atoms with E-state index in [0.717, 1.165) is 42.0 Å². The zero-order valence-electron chi connectivity index (χ0n) is 43.2. The van der Waals surface area contributed by atoms with Crippen LogP contribution < -0.4 is 16.4 Å². The molecule has 2 aliphatic heterocycles. The zero-order valence-corrected chi connectivity index (χ0v) is 44.0. The number of likely N-dealkylation sites (N-methyl/N-ethyl adjacent to an activating group) is 1. The van der Waals surface area contributed by atoms with Crippen molar-refractivity contribution >= 4 is 64.4 Å². The molecule has 0 bridgehead atoms. The Kier molecular flexibility index (Phi) is 23.8. The maximum Gasteiger partial charge on any atom is 0.326 e. The smallest absolute Gasteiger partial charge is 0.326 e. The van der Waals surface area contributed by atoms with Crippen molar-refractivity contribution in [3.05, 3.63) is 63.6 Å². The largest absolute Gasteiger partial charge is 0.480 e. The van der Waals surface area contributed by atoms with Crippen LogP contribution >= 0.6 is 11.3 Å². The number of piperidine rings is 1. The molecule has 5 amide bonds. The number of carboxylic acids is 1. The van der Waals surface area contributed by atoms with E-state index in [9.17, 15) is 48.3 Å². The number of carbonyl (C=O) groups is 9. The van der Waals surface area contributed by atoms with Gasteiger partial charge in [0.25, 0.3) is 17.7 Å². The molecular formula is C53H77N7O11S. The van der Waals surface area contributed by atoms with Crippen LogP contribution in [0.3, 0.4) is 0 Å². The molecule has 396 valence electrons. The van der Waals surface area contributed by atoms with Crippen LogP contribution in [-0.2, 0) is 55.9 Å². The average molecular weight is 1020 g/mol. The number of nitrogens with zero attached hydrogens (tertiary/aromatic N) is 4. The highest BCUT2D eigenvalue weighted by atomic mass is 32.1. The summed E-state index contributed by atoms with van der Waals surface area (Å²) in [5.41, 5.74) is 6.85. The Labute approximate surface area is 428 Å². The normalized spacial score (nSPS) is 17.5. The maximum absolute atomic E-state index is 14.3. The zero-order chi connectivity index (χ0) is 53.1. The van der Waals surface area contributed by atoms with Crippen LogP contribution in [0.5, 0.6) is 0 Å². The first-order valence-electron chi connectivity index (χ1n) is 25.5. The van der Waals surface area contributed by atoms with Gasteiger partial charge in [-0.2, -0.15) is 0 Å². The number of carbonyl (C=O) groups excluding carboxylic acids is 8. The molecule has 0 unspecified atom stereocenters. The van der Waals surface area contributed by atoms with Crippen molar-refractivity contribution in [1.29, 1.82) is 0 Å². The van der Waals surface area contributed by atoms with E-state index in [-0.39, 0.29) is 97.4 Å². The number of nitrogens with two attached hydrogens (primary N) is 1. The molecule has 0 saturated carbocycles. The Bertz CT molecular complexity index is 2210. The van der Waals surface area contributed by atoms with Gasteiger partial charge in [0.15, 0.2) is 17.7 Å². The van der Waals surface area contributed by atoms with Gasteiger partial charge in [-0.25, -0.2) is 9.78 Å². The Morgan fingerprint density at radius 2 is 1.61 bits per heavy atom. The number of rotatable bonds is 31. The van der Waals surface area contributed by atoms with E-state index < -0.39 is 48.0 Å². The molecule has 1 aromatic carbocycles. The molecule has 5 N–H and O–H groups in total. The van der Waals surface area contributed by atoms with Crippen molar-refractivity contribution in [2.24, 2.45) is 23.5 Å². The number of aromatic nitrogens is 1. The number of aliphatic carboxylic acids is 1. The van der Waals surface area contributed by atoms with Crippen molar-refractivity contribution in [3.63, 3.8) is 0 Å². The summed E-state index contributed by atoms with van der Waals surface area (Å²) in [6, 6.07) is 4.04. The molecule has 4 rings (SSSR count). The molecule has 0 spiro atoms. The number of amides is 5.